The zero-order chi connectivity index (χ0) is 72.3. The monoisotopic (exact) mass is 1370 g/mol. The number of carbonyl (C=O) groups excluding carboxylic acids is 4. The first-order chi connectivity index (χ1) is 46.4. The number of aliphatic hydroxyl groups excluding tert-OH is 1. The van der Waals surface area contributed by atoms with Crippen LogP contribution in [0.15, 0.2) is 24.8 Å². The molecule has 1 heterocycles. The van der Waals surface area contributed by atoms with Gasteiger partial charge in [-0.25, -0.2) is 14.4 Å². The summed E-state index contributed by atoms with van der Waals surface area (Å²) >= 11 is 0. The smallest absolute Gasteiger partial charge is 0.338 e. The molecular weight excluding hydrogens is 1220 g/mol. The van der Waals surface area contributed by atoms with Gasteiger partial charge in [0, 0.05) is 37.9 Å². The molecule has 0 aromatic rings. The summed E-state index contributed by atoms with van der Waals surface area (Å²) in [7, 11) is 0. The van der Waals surface area contributed by atoms with Crippen LogP contribution in [0.25, 0.3) is 0 Å². The van der Waals surface area contributed by atoms with E-state index in [9.17, 15) is 53.7 Å². The zero-order valence-electron chi connectivity index (χ0n) is 62.3. The second-order valence-corrected chi connectivity index (χ2v) is 25.8. The van der Waals surface area contributed by atoms with Crippen molar-refractivity contribution in [2.75, 3.05) is 72.2 Å². The number of carboxylic acid groups (broad SMARTS) is 4. The predicted octanol–water partition coefficient (Wildman–Crippen LogP) is 17.8. The van der Waals surface area contributed by atoms with Gasteiger partial charge in [0.1, 0.15) is 6.04 Å². The number of ether oxygens (including phenoxy) is 3. The van der Waals surface area contributed by atoms with Crippen LogP contribution in [0.5, 0.6) is 0 Å². The molecule has 1 aliphatic rings. The molecule has 0 radical (unpaired) electrons. The standard InChI is InChI=1S/C30H58N2O6.C28H55NO4.C12H26O.C4H2O3.C3H4O2/c1-4-7-10-11-12-13-14-15-16-17-25-38-30(37)27(26-29(35)36)32(24-19-28(33)34)23-18-22-31(20-8-5-2)21-9-6-3;1-4-7-10-11-12-13-14-15-16-19-24-33-28(32)26(25-27(30)31)20-17-18-23-29(21-8-5-2)22-9-6-3;1-2-3-4-5-6-7-8-9-10-11-12-13;5-3-1-2-4(6)7-3;1-2-3(4)5/h27H,4-26H2,1-3H3,(H,33,34)(H,35,36);26H,4-25H2,1-3H3,(H,30,31);13H,2-12H2,1H3;1-2H;2H,1H2,(H,4,5). The van der Waals surface area contributed by atoms with Crippen LogP contribution >= 0.6 is 0 Å². The maximum absolute atomic E-state index is 12.9. The molecule has 564 valence electrons. The first-order valence-corrected chi connectivity index (χ1v) is 38.4. The van der Waals surface area contributed by atoms with Crippen molar-refractivity contribution in [1.29, 1.82) is 0 Å². The Morgan fingerprint density at radius 3 is 1.04 bits per heavy atom. The molecule has 0 aromatic carbocycles. The fraction of sp³-hybridized carbons (Fsp3) is 0.844. The maximum atomic E-state index is 12.9. The molecule has 19 nitrogen and oxygen atoms in total. The zero-order valence-corrected chi connectivity index (χ0v) is 62.3. The molecule has 0 bridgehead atoms. The minimum atomic E-state index is -1.08. The maximum Gasteiger partial charge on any atom is 0.338 e. The molecule has 0 fully saturated rings. The van der Waals surface area contributed by atoms with Crippen LogP contribution in [-0.2, 0) is 52.6 Å². The second-order valence-electron chi connectivity index (χ2n) is 25.8. The van der Waals surface area contributed by atoms with Crippen molar-refractivity contribution in [1.82, 2.24) is 14.7 Å². The molecule has 0 saturated carbocycles. The van der Waals surface area contributed by atoms with Crippen molar-refractivity contribution >= 4 is 47.8 Å². The molecule has 1 aliphatic heterocycles. The summed E-state index contributed by atoms with van der Waals surface area (Å²) in [5, 5.41) is 44.1. The number of aliphatic carboxylic acids is 4. The van der Waals surface area contributed by atoms with E-state index in [1.54, 1.807) is 4.90 Å². The Kier molecular flexibility index (Phi) is 79.0. The number of carboxylic acids is 4. The highest BCUT2D eigenvalue weighted by Gasteiger charge is 2.30. The van der Waals surface area contributed by atoms with Gasteiger partial charge in [-0.2, -0.15) is 0 Å². The number of hydrogen-bond donors (Lipinski definition) is 5. The van der Waals surface area contributed by atoms with Gasteiger partial charge >= 0.3 is 47.8 Å². The third-order valence-corrected chi connectivity index (χ3v) is 16.7. The molecule has 0 amide bonds. The van der Waals surface area contributed by atoms with Crippen LogP contribution < -0.4 is 0 Å². The minimum absolute atomic E-state index is 0.119. The molecule has 19 heteroatoms. The summed E-state index contributed by atoms with van der Waals surface area (Å²) < 4.78 is 14.9. The van der Waals surface area contributed by atoms with Crippen LogP contribution in [0.4, 0.5) is 0 Å². The fourth-order valence-corrected chi connectivity index (χ4v) is 10.8. The highest BCUT2D eigenvalue weighted by atomic mass is 16.6. The third kappa shape index (κ3) is 75.1. The van der Waals surface area contributed by atoms with Crippen LogP contribution in [0.2, 0.25) is 0 Å². The van der Waals surface area contributed by atoms with Crippen molar-refractivity contribution in [3.63, 3.8) is 0 Å². The van der Waals surface area contributed by atoms with E-state index >= 15 is 0 Å². The second kappa shape index (κ2) is 77.6. The van der Waals surface area contributed by atoms with Gasteiger partial charge < -0.3 is 49.5 Å². The van der Waals surface area contributed by atoms with Gasteiger partial charge in [0.05, 0.1) is 38.4 Å². The van der Waals surface area contributed by atoms with Crippen molar-refractivity contribution in [3.8, 4) is 0 Å². The fourth-order valence-electron chi connectivity index (χ4n) is 10.8. The van der Waals surface area contributed by atoms with Crippen LogP contribution in [0.3, 0.4) is 0 Å². The Labute approximate surface area is 584 Å². The van der Waals surface area contributed by atoms with Gasteiger partial charge in [0.25, 0.3) is 0 Å². The highest BCUT2D eigenvalue weighted by Crippen LogP contribution is 2.19. The van der Waals surface area contributed by atoms with Crippen molar-refractivity contribution in [2.24, 2.45) is 5.92 Å². The minimum Gasteiger partial charge on any atom is -0.481 e. The van der Waals surface area contributed by atoms with E-state index in [1.807, 2.05) is 0 Å². The molecule has 0 saturated heterocycles. The van der Waals surface area contributed by atoms with Crippen LogP contribution in [0, 0.1) is 5.92 Å². The Morgan fingerprint density at radius 1 is 0.406 bits per heavy atom. The number of unbranched alkanes of at least 4 members (excludes halogenated alkanes) is 32. The number of cyclic esters (lactones) is 2. The molecule has 96 heavy (non-hydrogen) atoms. The van der Waals surface area contributed by atoms with Crippen molar-refractivity contribution < 1.29 is 78.1 Å². The Hall–Kier alpha value is -4.72. The average molecular weight is 1370 g/mol. The van der Waals surface area contributed by atoms with Gasteiger partial charge in [-0.1, -0.05) is 261 Å². The van der Waals surface area contributed by atoms with Gasteiger partial charge in [-0.15, -0.1) is 0 Å². The number of carbonyl (C=O) groups is 8. The summed E-state index contributed by atoms with van der Waals surface area (Å²) in [4.78, 5) is 95.2. The number of aliphatic hydroxyl groups is 1. The molecule has 0 aromatic heterocycles. The number of esters is 4. The highest BCUT2D eigenvalue weighted by molar-refractivity contribution is 6.04. The van der Waals surface area contributed by atoms with E-state index < -0.39 is 53.7 Å². The molecule has 0 aliphatic carbocycles. The Morgan fingerprint density at radius 2 is 0.729 bits per heavy atom. The molecule has 0 spiro atoms. The largest absolute Gasteiger partial charge is 0.481 e. The number of nitrogens with zero attached hydrogens (tertiary/aromatic N) is 3. The van der Waals surface area contributed by atoms with E-state index in [2.05, 4.69) is 69.6 Å². The lowest BCUT2D eigenvalue weighted by Crippen LogP contribution is -2.46. The van der Waals surface area contributed by atoms with Crippen LogP contribution in [0.1, 0.15) is 337 Å². The SMILES string of the molecule is C=CC(=O)O.CCCCCCCCCCCCO.CCCCCCCCCCCCOC(=O)C(CC(=O)O)N(CCCN(CCCC)CCCC)CCC(=O)O.CCCCCCCCCCCCOC(=O)C(CCCCN(CCCC)CCCC)CC(=O)O.O=C1C=CC(=O)O1. The van der Waals surface area contributed by atoms with E-state index in [0.29, 0.717) is 26.2 Å². The molecule has 1 rings (SSSR count). The summed E-state index contributed by atoms with van der Waals surface area (Å²) in [5.41, 5.74) is 0. The van der Waals surface area contributed by atoms with E-state index in [4.69, 9.17) is 19.7 Å². The first kappa shape index (κ1) is 97.7. The molecule has 2 atom stereocenters. The van der Waals surface area contributed by atoms with Crippen LogP contribution in [-0.4, -0.2) is 166 Å². The quantitative estimate of drug-likeness (QED) is 0.0124. The lowest BCUT2D eigenvalue weighted by atomic mass is 9.98. The van der Waals surface area contributed by atoms with Crippen molar-refractivity contribution in [2.45, 2.75) is 343 Å². The predicted molar refractivity (Wildman–Crippen MR) is 389 cm³/mol. The molecular formula is C77H145N3O16. The number of hydrogen-bond acceptors (Lipinski definition) is 15. The summed E-state index contributed by atoms with van der Waals surface area (Å²) in [6.07, 6.45) is 52.5. The van der Waals surface area contributed by atoms with Gasteiger partial charge in [-0.3, -0.25) is 28.9 Å². The summed E-state index contributed by atoms with van der Waals surface area (Å²) in [5.74, 6) is -6.48. The molecule has 2 unspecified atom stereocenters. The topological polar surface area (TPSA) is 275 Å². The number of rotatable bonds is 64. The summed E-state index contributed by atoms with van der Waals surface area (Å²) in [6, 6.07) is -0.963. The summed E-state index contributed by atoms with van der Waals surface area (Å²) in [6.45, 7) is 26.3. The average Bonchev–Trinajstić information content (AvgIpc) is 1.33. The van der Waals surface area contributed by atoms with Gasteiger partial charge in [0.2, 0.25) is 0 Å². The molecule has 5 N–H and O–H groups in total. The van der Waals surface area contributed by atoms with Gasteiger partial charge in [0.15, 0.2) is 0 Å². The Bertz CT molecular complexity index is 1830. The third-order valence-electron chi connectivity index (χ3n) is 16.7. The normalized spacial score (nSPS) is 12.1. The van der Waals surface area contributed by atoms with E-state index in [0.717, 1.165) is 141 Å². The van der Waals surface area contributed by atoms with E-state index in [1.165, 1.54) is 180 Å². The van der Waals surface area contributed by atoms with E-state index in [-0.39, 0.29) is 38.4 Å². The lowest BCUT2D eigenvalue weighted by Gasteiger charge is -2.30. The first-order valence-electron chi connectivity index (χ1n) is 38.4. The van der Waals surface area contributed by atoms with Crippen molar-refractivity contribution in [3.05, 3.63) is 24.8 Å². The van der Waals surface area contributed by atoms with Gasteiger partial charge in [-0.05, 0) is 103 Å². The lowest BCUT2D eigenvalue weighted by molar-refractivity contribution is -0.155. The Balaban J connectivity index is -0.000000650.